The Labute approximate surface area is 96.4 Å². The highest BCUT2D eigenvalue weighted by Crippen LogP contribution is 2.10. The minimum atomic E-state index is -0.420. The average molecular weight is 230 g/mol. The summed E-state index contributed by atoms with van der Waals surface area (Å²) in [6.45, 7) is 3.61. The van der Waals surface area contributed by atoms with Crippen molar-refractivity contribution in [1.82, 2.24) is 10.2 Å². The molecule has 1 aliphatic heterocycles. The van der Waals surface area contributed by atoms with Crippen LogP contribution in [0, 0.1) is 0 Å². The topological polar surface area (TPSA) is 72.8 Å². The van der Waals surface area contributed by atoms with Crippen LogP contribution in [0.15, 0.2) is 0 Å². The van der Waals surface area contributed by atoms with E-state index in [4.69, 9.17) is 5.11 Å². The van der Waals surface area contributed by atoms with Crippen LogP contribution in [0.1, 0.15) is 26.2 Å². The van der Waals surface area contributed by atoms with Gasteiger partial charge in [-0.15, -0.1) is 0 Å². The van der Waals surface area contributed by atoms with E-state index in [-0.39, 0.29) is 18.6 Å². The first kappa shape index (κ1) is 13.4. The lowest BCUT2D eigenvalue weighted by Crippen LogP contribution is -2.45. The molecule has 1 aliphatic rings. The van der Waals surface area contributed by atoms with Crippen molar-refractivity contribution in [3.8, 4) is 0 Å². The number of nitrogens with one attached hydrogen (secondary N) is 1. The molecule has 0 aromatic rings. The number of nitrogens with zero attached hydrogens (tertiary/aromatic N) is 1. The van der Waals surface area contributed by atoms with Gasteiger partial charge >= 0.3 is 0 Å². The highest BCUT2D eigenvalue weighted by atomic mass is 16.3. The molecule has 2 atom stereocenters. The molecule has 5 heteroatoms. The molecule has 0 spiro atoms. The fourth-order valence-corrected chi connectivity index (χ4v) is 1.93. The first-order valence-electron chi connectivity index (χ1n) is 6.00. The molecule has 0 saturated carbocycles. The predicted molar refractivity (Wildman–Crippen MR) is 61.0 cm³/mol. The largest absolute Gasteiger partial charge is 0.395 e. The van der Waals surface area contributed by atoms with Gasteiger partial charge in [-0.05, 0) is 12.8 Å². The van der Waals surface area contributed by atoms with Gasteiger partial charge in [-0.1, -0.05) is 13.3 Å². The lowest BCUT2D eigenvalue weighted by atomic mass is 10.1. The van der Waals surface area contributed by atoms with Crippen molar-refractivity contribution in [1.29, 1.82) is 0 Å². The summed E-state index contributed by atoms with van der Waals surface area (Å²) in [5, 5.41) is 21.3. The smallest absolute Gasteiger partial charge is 0.239 e. The van der Waals surface area contributed by atoms with Crippen LogP contribution in [0.4, 0.5) is 0 Å². The van der Waals surface area contributed by atoms with E-state index in [0.717, 1.165) is 12.8 Å². The van der Waals surface area contributed by atoms with Crippen LogP contribution < -0.4 is 5.32 Å². The highest BCUT2D eigenvalue weighted by molar-refractivity contribution is 5.82. The number of aliphatic hydroxyl groups excluding tert-OH is 2. The Kier molecular flexibility index (Phi) is 5.73. The van der Waals surface area contributed by atoms with E-state index in [1.807, 2.05) is 0 Å². The molecule has 0 aliphatic carbocycles. The summed E-state index contributed by atoms with van der Waals surface area (Å²) in [5.41, 5.74) is 0. The Hall–Kier alpha value is -0.650. The average Bonchev–Trinajstić information content (AvgIpc) is 2.70. The second-order valence-electron chi connectivity index (χ2n) is 4.25. The summed E-state index contributed by atoms with van der Waals surface area (Å²) in [6, 6.07) is -0.279. The van der Waals surface area contributed by atoms with Crippen LogP contribution in [-0.2, 0) is 4.79 Å². The number of aliphatic hydroxyl groups is 2. The van der Waals surface area contributed by atoms with Crippen LogP contribution in [-0.4, -0.2) is 59.4 Å². The molecule has 5 nitrogen and oxygen atoms in total. The van der Waals surface area contributed by atoms with Gasteiger partial charge in [0.1, 0.15) is 0 Å². The molecule has 0 radical (unpaired) electrons. The van der Waals surface area contributed by atoms with Gasteiger partial charge in [-0.3, -0.25) is 4.79 Å². The maximum atomic E-state index is 12.0. The molecule has 1 rings (SSSR count). The maximum absolute atomic E-state index is 12.0. The third kappa shape index (κ3) is 3.73. The molecular formula is C11H22N2O3. The molecule has 1 amide bonds. The van der Waals surface area contributed by atoms with Crippen molar-refractivity contribution in [3.63, 3.8) is 0 Å². The minimum absolute atomic E-state index is 0.000880. The number of carbonyl (C=O) groups is 1. The molecule has 16 heavy (non-hydrogen) atoms. The van der Waals surface area contributed by atoms with Gasteiger partial charge in [-0.25, -0.2) is 0 Å². The fourth-order valence-electron chi connectivity index (χ4n) is 1.93. The molecule has 2 unspecified atom stereocenters. The molecule has 1 heterocycles. The molecule has 0 aromatic heterocycles. The van der Waals surface area contributed by atoms with Crippen molar-refractivity contribution in [3.05, 3.63) is 0 Å². The number of unbranched alkanes of at least 4 members (excludes halogenated alkanes) is 1. The number of amides is 1. The van der Waals surface area contributed by atoms with E-state index in [2.05, 4.69) is 12.2 Å². The van der Waals surface area contributed by atoms with Crippen LogP contribution in [0.5, 0.6) is 0 Å². The van der Waals surface area contributed by atoms with E-state index < -0.39 is 6.10 Å². The Morgan fingerprint density at radius 1 is 1.50 bits per heavy atom. The van der Waals surface area contributed by atoms with Gasteiger partial charge in [0, 0.05) is 19.6 Å². The summed E-state index contributed by atoms with van der Waals surface area (Å²) in [4.78, 5) is 13.7. The van der Waals surface area contributed by atoms with Crippen molar-refractivity contribution < 1.29 is 15.0 Å². The van der Waals surface area contributed by atoms with Crippen molar-refractivity contribution in [2.75, 3.05) is 26.2 Å². The van der Waals surface area contributed by atoms with E-state index in [1.165, 1.54) is 0 Å². The van der Waals surface area contributed by atoms with Crippen LogP contribution in [0.2, 0.25) is 0 Å². The quantitative estimate of drug-likeness (QED) is 0.566. The summed E-state index contributed by atoms with van der Waals surface area (Å²) < 4.78 is 0. The zero-order chi connectivity index (χ0) is 12.0. The number of hydrogen-bond acceptors (Lipinski definition) is 4. The van der Waals surface area contributed by atoms with Crippen molar-refractivity contribution >= 4 is 5.91 Å². The third-order valence-corrected chi connectivity index (χ3v) is 2.87. The SMILES string of the molecule is CCCCN(CCO)C(=O)C1CC(O)CN1. The third-order valence-electron chi connectivity index (χ3n) is 2.87. The number of rotatable bonds is 6. The lowest BCUT2D eigenvalue weighted by molar-refractivity contribution is -0.133. The second-order valence-corrected chi connectivity index (χ2v) is 4.25. The van der Waals surface area contributed by atoms with Gasteiger partial charge in [0.15, 0.2) is 0 Å². The molecule has 0 bridgehead atoms. The Morgan fingerprint density at radius 3 is 2.75 bits per heavy atom. The standard InChI is InChI=1S/C11H22N2O3/c1-2-3-4-13(5-6-14)11(16)10-7-9(15)8-12-10/h9-10,12,14-15H,2-8H2,1H3. The summed E-state index contributed by atoms with van der Waals surface area (Å²) in [5.74, 6) is -0.000880. The van der Waals surface area contributed by atoms with Crippen molar-refractivity contribution in [2.24, 2.45) is 0 Å². The van der Waals surface area contributed by atoms with E-state index in [0.29, 0.717) is 26.1 Å². The molecular weight excluding hydrogens is 208 g/mol. The van der Waals surface area contributed by atoms with Crippen molar-refractivity contribution in [2.45, 2.75) is 38.3 Å². The van der Waals surface area contributed by atoms with E-state index in [9.17, 15) is 9.90 Å². The summed E-state index contributed by atoms with van der Waals surface area (Å²) in [6.07, 6.45) is 2.03. The summed E-state index contributed by atoms with van der Waals surface area (Å²) >= 11 is 0. The Balaban J connectivity index is 2.45. The van der Waals surface area contributed by atoms with Gasteiger partial charge in [-0.2, -0.15) is 0 Å². The lowest BCUT2D eigenvalue weighted by Gasteiger charge is -2.24. The molecule has 3 N–H and O–H groups in total. The van der Waals surface area contributed by atoms with Gasteiger partial charge in [0.25, 0.3) is 0 Å². The first-order chi connectivity index (χ1) is 7.69. The first-order valence-corrected chi connectivity index (χ1v) is 6.00. The zero-order valence-electron chi connectivity index (χ0n) is 9.85. The minimum Gasteiger partial charge on any atom is -0.395 e. The van der Waals surface area contributed by atoms with Crippen LogP contribution >= 0.6 is 0 Å². The summed E-state index contributed by atoms with van der Waals surface area (Å²) in [7, 11) is 0. The van der Waals surface area contributed by atoms with Gasteiger partial charge in [0.05, 0.1) is 18.8 Å². The normalized spacial score (nSPS) is 24.7. The Bertz CT molecular complexity index is 223. The fraction of sp³-hybridized carbons (Fsp3) is 0.909. The van der Waals surface area contributed by atoms with E-state index >= 15 is 0 Å². The number of carbonyl (C=O) groups excluding carboxylic acids is 1. The van der Waals surface area contributed by atoms with Crippen LogP contribution in [0.25, 0.3) is 0 Å². The maximum Gasteiger partial charge on any atom is 0.239 e. The molecule has 1 saturated heterocycles. The van der Waals surface area contributed by atoms with E-state index in [1.54, 1.807) is 4.90 Å². The molecule has 0 aromatic carbocycles. The number of hydrogen-bond donors (Lipinski definition) is 3. The van der Waals surface area contributed by atoms with Crippen LogP contribution in [0.3, 0.4) is 0 Å². The molecule has 94 valence electrons. The molecule has 1 fully saturated rings. The second kappa shape index (κ2) is 6.83. The van der Waals surface area contributed by atoms with Gasteiger partial charge < -0.3 is 20.4 Å². The monoisotopic (exact) mass is 230 g/mol. The van der Waals surface area contributed by atoms with Gasteiger partial charge in [0.2, 0.25) is 5.91 Å². The highest BCUT2D eigenvalue weighted by Gasteiger charge is 2.30. The zero-order valence-corrected chi connectivity index (χ0v) is 9.85. The predicted octanol–water partition coefficient (Wildman–Crippen LogP) is -0.670. The number of β-amino-alcohol motifs (C(OH)–C–C–N with tert-alkyl or cyclic N) is 1. The Morgan fingerprint density at radius 2 is 2.25 bits per heavy atom.